The molecule has 0 radical (unpaired) electrons. The number of para-hydroxylation sites is 2. The van der Waals surface area contributed by atoms with E-state index in [-0.39, 0.29) is 17.8 Å². The van der Waals surface area contributed by atoms with E-state index in [1.54, 1.807) is 63.2 Å². The zero-order valence-electron chi connectivity index (χ0n) is 21.1. The van der Waals surface area contributed by atoms with E-state index >= 15 is 0 Å². The van der Waals surface area contributed by atoms with Crippen LogP contribution in [0.5, 0.6) is 5.75 Å². The molecule has 0 saturated heterocycles. The molecule has 0 saturated carbocycles. The highest BCUT2D eigenvalue weighted by Crippen LogP contribution is 2.44. The maximum Gasteiger partial charge on any atom is 0.315 e. The third-order valence-corrected chi connectivity index (χ3v) is 6.37. The number of allylic oxidation sites excluding steroid dienone is 2. The Morgan fingerprint density at radius 2 is 1.81 bits per heavy atom. The van der Waals surface area contributed by atoms with E-state index in [4.69, 9.17) is 13.9 Å². The van der Waals surface area contributed by atoms with E-state index < -0.39 is 17.8 Å². The number of esters is 1. The molecule has 186 valence electrons. The van der Waals surface area contributed by atoms with Gasteiger partial charge in [0.1, 0.15) is 23.0 Å². The summed E-state index contributed by atoms with van der Waals surface area (Å²) >= 11 is 0. The van der Waals surface area contributed by atoms with Crippen molar-refractivity contribution in [1.29, 1.82) is 0 Å². The number of aliphatic imine (C=N–C) groups is 1. The average molecular weight is 488 g/mol. The molecule has 0 amide bonds. The summed E-state index contributed by atoms with van der Waals surface area (Å²) < 4.78 is 17.0. The second kappa shape index (κ2) is 10.3. The third kappa shape index (κ3) is 4.49. The summed E-state index contributed by atoms with van der Waals surface area (Å²) in [6, 6.07) is 13.6. The van der Waals surface area contributed by atoms with Gasteiger partial charge in [-0.3, -0.25) is 19.4 Å². The van der Waals surface area contributed by atoms with Crippen molar-refractivity contribution in [2.24, 2.45) is 10.9 Å². The van der Waals surface area contributed by atoms with Gasteiger partial charge in [0.2, 0.25) is 0 Å². The molecule has 0 N–H and O–H groups in total. The van der Waals surface area contributed by atoms with Crippen LogP contribution in [0.15, 0.2) is 74.0 Å². The molecule has 1 aliphatic rings. The number of Topliss-reactive ketones (excluding diaryl/α,β-unsaturated/α-hetero) is 1. The molecule has 0 bridgehead atoms. The lowest BCUT2D eigenvalue weighted by molar-refractivity contribution is -0.146. The number of aryl methyl sites for hydroxylation is 1. The van der Waals surface area contributed by atoms with Gasteiger partial charge < -0.3 is 13.9 Å². The van der Waals surface area contributed by atoms with Gasteiger partial charge in [0.25, 0.3) is 0 Å². The van der Waals surface area contributed by atoms with Gasteiger partial charge in [-0.2, -0.15) is 0 Å². The van der Waals surface area contributed by atoms with E-state index in [2.05, 4.69) is 4.99 Å². The first-order valence-corrected chi connectivity index (χ1v) is 11.9. The van der Waals surface area contributed by atoms with E-state index in [1.807, 2.05) is 6.92 Å². The molecule has 1 aromatic heterocycles. The molecule has 4 rings (SSSR count). The summed E-state index contributed by atoms with van der Waals surface area (Å²) in [5.74, 6) is -1.59. The van der Waals surface area contributed by atoms with Crippen LogP contribution in [0.2, 0.25) is 0 Å². The highest BCUT2D eigenvalue weighted by atomic mass is 16.5. The first-order valence-electron chi connectivity index (χ1n) is 11.9. The fourth-order valence-corrected chi connectivity index (χ4v) is 4.80. The van der Waals surface area contributed by atoms with Gasteiger partial charge in [-0.1, -0.05) is 31.2 Å². The van der Waals surface area contributed by atoms with E-state index in [1.165, 1.54) is 13.2 Å². The molecular weight excluding hydrogens is 458 g/mol. The Kier molecular flexibility index (Phi) is 7.20. The number of carbonyl (C=O) groups excluding carboxylic acids is 2. The lowest BCUT2D eigenvalue weighted by Gasteiger charge is -2.32. The molecule has 1 aliphatic heterocycles. The summed E-state index contributed by atoms with van der Waals surface area (Å²) in [4.78, 5) is 44.9. The number of ketones is 1. The van der Waals surface area contributed by atoms with Crippen LogP contribution >= 0.6 is 0 Å². The van der Waals surface area contributed by atoms with Crippen molar-refractivity contribution in [2.45, 2.75) is 40.0 Å². The number of benzene rings is 2. The Morgan fingerprint density at radius 1 is 1.06 bits per heavy atom. The zero-order chi connectivity index (χ0) is 26.0. The highest BCUT2D eigenvalue weighted by molar-refractivity contribution is 6.15. The number of fused-ring (bicyclic) bond motifs is 1. The quantitative estimate of drug-likeness (QED) is 0.327. The minimum atomic E-state index is -0.870. The second-order valence-corrected chi connectivity index (χ2v) is 8.85. The van der Waals surface area contributed by atoms with Crippen molar-refractivity contribution in [3.8, 4) is 5.75 Å². The lowest BCUT2D eigenvalue weighted by Crippen LogP contribution is -2.36. The molecule has 7 nitrogen and oxygen atoms in total. The molecule has 3 aromatic rings. The molecule has 2 unspecified atom stereocenters. The van der Waals surface area contributed by atoms with Gasteiger partial charge in [-0.15, -0.1) is 0 Å². The van der Waals surface area contributed by atoms with Crippen LogP contribution in [0.1, 0.15) is 54.8 Å². The van der Waals surface area contributed by atoms with Crippen molar-refractivity contribution < 1.29 is 23.5 Å². The van der Waals surface area contributed by atoms with Crippen LogP contribution in [-0.4, -0.2) is 31.2 Å². The predicted molar refractivity (Wildman–Crippen MR) is 138 cm³/mol. The Morgan fingerprint density at radius 3 is 2.53 bits per heavy atom. The van der Waals surface area contributed by atoms with Crippen LogP contribution in [0.4, 0.5) is 0 Å². The maximum atomic E-state index is 14.1. The third-order valence-electron chi connectivity index (χ3n) is 6.37. The Hall–Kier alpha value is -4.00. The Balaban J connectivity index is 2.01. The molecular formula is C29H29NO6. The Bertz CT molecular complexity index is 1460. The predicted octanol–water partition coefficient (Wildman–Crippen LogP) is 5.39. The van der Waals surface area contributed by atoms with Gasteiger partial charge in [-0.05, 0) is 45.4 Å². The molecule has 0 aliphatic carbocycles. The zero-order valence-corrected chi connectivity index (χ0v) is 21.1. The first kappa shape index (κ1) is 25.1. The lowest BCUT2D eigenvalue weighted by atomic mass is 9.73. The largest absolute Gasteiger partial charge is 0.496 e. The molecule has 2 aromatic carbocycles. The standard InChI is InChI=1S/C29H29NO6/c1-6-14-35-29(33)25-18(4)30-17(3)24(27(32)20-10-7-8-13-23(20)34-5)26(25)21-12-9-11-19-22(31)15-16(2)36-28(19)21/h7-13,15,25-26H,6,14H2,1-5H3. The number of hydrogen-bond acceptors (Lipinski definition) is 7. The van der Waals surface area contributed by atoms with Crippen LogP contribution in [-0.2, 0) is 9.53 Å². The molecule has 0 spiro atoms. The van der Waals surface area contributed by atoms with Crippen molar-refractivity contribution in [3.05, 3.63) is 86.9 Å². The van der Waals surface area contributed by atoms with Gasteiger partial charge >= 0.3 is 5.97 Å². The van der Waals surface area contributed by atoms with Crippen LogP contribution in [0, 0.1) is 12.8 Å². The topological polar surface area (TPSA) is 95.2 Å². The van der Waals surface area contributed by atoms with Gasteiger partial charge in [0.15, 0.2) is 11.2 Å². The fraction of sp³-hybridized carbons (Fsp3) is 0.310. The van der Waals surface area contributed by atoms with Crippen LogP contribution in [0.25, 0.3) is 11.0 Å². The van der Waals surface area contributed by atoms with Gasteiger partial charge in [0.05, 0.1) is 24.7 Å². The van der Waals surface area contributed by atoms with Crippen LogP contribution in [0.3, 0.4) is 0 Å². The Labute approximate surface area is 209 Å². The molecule has 2 atom stereocenters. The summed E-state index contributed by atoms with van der Waals surface area (Å²) in [5.41, 5.74) is 2.41. The number of carbonyl (C=O) groups is 2. The number of hydrogen-bond donors (Lipinski definition) is 0. The summed E-state index contributed by atoms with van der Waals surface area (Å²) in [6.07, 6.45) is 0.656. The second-order valence-electron chi connectivity index (χ2n) is 8.85. The van der Waals surface area contributed by atoms with Crippen molar-refractivity contribution >= 4 is 28.4 Å². The van der Waals surface area contributed by atoms with Gasteiger partial charge in [0, 0.05) is 34.5 Å². The number of methoxy groups -OCH3 is 1. The van der Waals surface area contributed by atoms with Gasteiger partial charge in [-0.25, -0.2) is 0 Å². The maximum absolute atomic E-state index is 14.1. The number of nitrogens with zero attached hydrogens (tertiary/aromatic N) is 1. The number of ether oxygens (including phenoxy) is 2. The summed E-state index contributed by atoms with van der Waals surface area (Å²) in [6.45, 7) is 7.36. The fourth-order valence-electron chi connectivity index (χ4n) is 4.80. The average Bonchev–Trinajstić information content (AvgIpc) is 2.86. The smallest absolute Gasteiger partial charge is 0.315 e. The molecule has 0 fully saturated rings. The van der Waals surface area contributed by atoms with Crippen molar-refractivity contribution in [2.75, 3.05) is 13.7 Å². The van der Waals surface area contributed by atoms with E-state index in [9.17, 15) is 14.4 Å². The minimum absolute atomic E-state index is 0.194. The SMILES string of the molecule is CCCOC(=O)C1C(C)=NC(C)=C(C(=O)c2ccccc2OC)C1c1cccc2c(=O)cc(C)oc12. The number of rotatable bonds is 7. The molecule has 36 heavy (non-hydrogen) atoms. The van der Waals surface area contributed by atoms with Crippen LogP contribution < -0.4 is 10.2 Å². The first-order chi connectivity index (χ1) is 17.3. The molecule has 2 heterocycles. The monoisotopic (exact) mass is 487 g/mol. The normalized spacial score (nSPS) is 17.6. The van der Waals surface area contributed by atoms with Crippen molar-refractivity contribution in [1.82, 2.24) is 0 Å². The molecule has 7 heteroatoms. The highest BCUT2D eigenvalue weighted by Gasteiger charge is 2.43. The van der Waals surface area contributed by atoms with E-state index in [0.29, 0.717) is 57.0 Å². The summed E-state index contributed by atoms with van der Waals surface area (Å²) in [7, 11) is 1.50. The van der Waals surface area contributed by atoms with E-state index in [0.717, 1.165) is 0 Å². The summed E-state index contributed by atoms with van der Waals surface area (Å²) in [5, 5.41) is 0.376. The van der Waals surface area contributed by atoms with Crippen molar-refractivity contribution in [3.63, 3.8) is 0 Å². The minimum Gasteiger partial charge on any atom is -0.496 e.